The fourth-order valence-corrected chi connectivity index (χ4v) is 5.41. The van der Waals surface area contributed by atoms with E-state index in [1.807, 2.05) is 49.4 Å². The van der Waals surface area contributed by atoms with Gasteiger partial charge in [-0.3, -0.25) is 9.69 Å². The summed E-state index contributed by atoms with van der Waals surface area (Å²) in [4.78, 5) is 19.3. The first kappa shape index (κ1) is 23.3. The lowest BCUT2D eigenvalue weighted by molar-refractivity contribution is -0.129. The quantitative estimate of drug-likeness (QED) is 0.527. The van der Waals surface area contributed by atoms with Gasteiger partial charge in [-0.15, -0.1) is 0 Å². The second-order valence-electron chi connectivity index (χ2n) is 7.91. The number of sulfonamides is 1. The van der Waals surface area contributed by atoms with E-state index in [1.165, 1.54) is 38.0 Å². The number of aliphatic imine (C=N–C) groups is 1. The molecule has 0 N–H and O–H groups in total. The lowest BCUT2D eigenvalue weighted by Gasteiger charge is -2.17. The number of rotatable bonds is 6. The number of amidine groups is 1. The lowest BCUT2D eigenvalue weighted by Crippen LogP contribution is -2.36. The summed E-state index contributed by atoms with van der Waals surface area (Å²) in [5.74, 6) is 0.429. The Morgan fingerprint density at radius 1 is 1.09 bits per heavy atom. The molecule has 0 bridgehead atoms. The van der Waals surface area contributed by atoms with Gasteiger partial charge in [-0.2, -0.15) is 0 Å². The fourth-order valence-electron chi connectivity index (χ4n) is 3.43. The highest BCUT2D eigenvalue weighted by Gasteiger charge is 2.31. The molecule has 1 heterocycles. The monoisotopic (exact) mass is 483 g/mol. The van der Waals surface area contributed by atoms with Gasteiger partial charge in [0.05, 0.1) is 10.6 Å². The SMILES string of the molecule is CC1CN(C(=O)COc2ccc3ccccc3c2)C(=Nc2cccc(S(=O)(=O)N(C)C)c2)S1. The van der Waals surface area contributed by atoms with Crippen LogP contribution in [0.5, 0.6) is 5.75 Å². The van der Waals surface area contributed by atoms with Gasteiger partial charge in [0, 0.05) is 25.9 Å². The molecule has 1 fully saturated rings. The van der Waals surface area contributed by atoms with Crippen molar-refractivity contribution in [1.29, 1.82) is 0 Å². The van der Waals surface area contributed by atoms with E-state index in [0.29, 0.717) is 23.1 Å². The summed E-state index contributed by atoms with van der Waals surface area (Å²) < 4.78 is 31.8. The Labute approximate surface area is 198 Å². The Kier molecular flexibility index (Phi) is 6.73. The molecule has 1 unspecified atom stereocenters. The highest BCUT2D eigenvalue weighted by Crippen LogP contribution is 2.29. The van der Waals surface area contributed by atoms with Crippen LogP contribution in [0.1, 0.15) is 6.92 Å². The molecule has 1 saturated heterocycles. The van der Waals surface area contributed by atoms with E-state index >= 15 is 0 Å². The van der Waals surface area contributed by atoms with Crippen molar-refractivity contribution in [3.63, 3.8) is 0 Å². The third kappa shape index (κ3) is 5.21. The van der Waals surface area contributed by atoms with Crippen molar-refractivity contribution < 1.29 is 17.9 Å². The molecule has 4 rings (SSSR count). The molecule has 0 aromatic heterocycles. The first-order valence-electron chi connectivity index (χ1n) is 10.4. The number of hydrogen-bond donors (Lipinski definition) is 0. The predicted octanol–water partition coefficient (Wildman–Crippen LogP) is 4.12. The van der Waals surface area contributed by atoms with Crippen molar-refractivity contribution in [1.82, 2.24) is 9.21 Å². The van der Waals surface area contributed by atoms with Crippen molar-refractivity contribution in [2.45, 2.75) is 17.1 Å². The average Bonchev–Trinajstić information content (AvgIpc) is 3.17. The third-order valence-corrected chi connectivity index (χ3v) is 8.07. The van der Waals surface area contributed by atoms with Gasteiger partial charge >= 0.3 is 0 Å². The summed E-state index contributed by atoms with van der Waals surface area (Å²) in [6.45, 7) is 2.42. The Balaban J connectivity index is 1.51. The van der Waals surface area contributed by atoms with Crippen LogP contribution in [-0.2, 0) is 14.8 Å². The topological polar surface area (TPSA) is 79.3 Å². The molecule has 0 saturated carbocycles. The molecule has 9 heteroatoms. The maximum absolute atomic E-state index is 12.9. The summed E-state index contributed by atoms with van der Waals surface area (Å²) in [5, 5.41) is 2.85. The van der Waals surface area contributed by atoms with Gasteiger partial charge in [0.25, 0.3) is 5.91 Å². The predicted molar refractivity (Wildman–Crippen MR) is 133 cm³/mol. The minimum atomic E-state index is -3.57. The van der Waals surface area contributed by atoms with Gasteiger partial charge in [-0.1, -0.05) is 55.1 Å². The zero-order valence-corrected chi connectivity index (χ0v) is 20.3. The van der Waals surface area contributed by atoms with Gasteiger partial charge in [0.15, 0.2) is 11.8 Å². The Morgan fingerprint density at radius 2 is 1.85 bits per heavy atom. The molecule has 7 nitrogen and oxygen atoms in total. The smallest absolute Gasteiger partial charge is 0.266 e. The largest absolute Gasteiger partial charge is 0.484 e. The van der Waals surface area contributed by atoms with E-state index in [1.54, 1.807) is 17.0 Å². The van der Waals surface area contributed by atoms with E-state index in [2.05, 4.69) is 4.99 Å². The normalized spacial score (nSPS) is 17.8. The van der Waals surface area contributed by atoms with E-state index in [4.69, 9.17) is 4.74 Å². The number of benzene rings is 3. The average molecular weight is 484 g/mol. The molecule has 1 aliphatic rings. The van der Waals surface area contributed by atoms with Crippen LogP contribution >= 0.6 is 11.8 Å². The number of carbonyl (C=O) groups is 1. The summed E-state index contributed by atoms with van der Waals surface area (Å²) >= 11 is 1.48. The van der Waals surface area contributed by atoms with Gasteiger partial charge in [-0.25, -0.2) is 17.7 Å². The number of nitrogens with zero attached hydrogens (tertiary/aromatic N) is 3. The van der Waals surface area contributed by atoms with Crippen LogP contribution in [0.15, 0.2) is 76.6 Å². The molecule has 0 radical (unpaired) electrons. The van der Waals surface area contributed by atoms with Gasteiger partial charge in [0.1, 0.15) is 5.75 Å². The van der Waals surface area contributed by atoms with Crippen molar-refractivity contribution in [2.24, 2.45) is 4.99 Å². The van der Waals surface area contributed by atoms with E-state index in [0.717, 1.165) is 15.1 Å². The molecule has 172 valence electrons. The highest BCUT2D eigenvalue weighted by atomic mass is 32.2. The van der Waals surface area contributed by atoms with Crippen LogP contribution in [0, 0.1) is 0 Å². The zero-order valence-electron chi connectivity index (χ0n) is 18.6. The summed E-state index contributed by atoms with van der Waals surface area (Å²) in [6.07, 6.45) is 0. The molecular weight excluding hydrogens is 458 g/mol. The maximum atomic E-state index is 12.9. The first-order valence-corrected chi connectivity index (χ1v) is 12.8. The molecule has 0 aliphatic carbocycles. The third-order valence-electron chi connectivity index (χ3n) is 5.18. The number of thioether (sulfide) groups is 1. The zero-order chi connectivity index (χ0) is 23.6. The molecule has 1 atom stereocenters. The fraction of sp³-hybridized carbons (Fsp3) is 0.250. The van der Waals surface area contributed by atoms with Gasteiger partial charge in [0.2, 0.25) is 10.0 Å². The van der Waals surface area contributed by atoms with E-state index in [-0.39, 0.29) is 22.7 Å². The second-order valence-corrected chi connectivity index (χ2v) is 11.5. The van der Waals surface area contributed by atoms with Crippen LogP contribution < -0.4 is 4.74 Å². The summed E-state index contributed by atoms with van der Waals surface area (Å²) in [7, 11) is -0.603. The van der Waals surface area contributed by atoms with Crippen LogP contribution in [0.25, 0.3) is 10.8 Å². The number of amides is 1. The van der Waals surface area contributed by atoms with Crippen molar-refractivity contribution in [2.75, 3.05) is 27.2 Å². The number of carbonyl (C=O) groups excluding carboxylic acids is 1. The molecule has 3 aromatic rings. The minimum absolute atomic E-state index is 0.111. The Bertz CT molecular complexity index is 1320. The summed E-state index contributed by atoms with van der Waals surface area (Å²) in [6, 6.07) is 20.1. The van der Waals surface area contributed by atoms with Crippen molar-refractivity contribution in [3.05, 3.63) is 66.7 Å². The molecule has 0 spiro atoms. The van der Waals surface area contributed by atoms with Crippen LogP contribution in [-0.4, -0.2) is 61.2 Å². The van der Waals surface area contributed by atoms with Crippen molar-refractivity contribution >= 4 is 49.3 Å². The molecule has 1 aliphatic heterocycles. The van der Waals surface area contributed by atoms with Gasteiger partial charge < -0.3 is 4.74 Å². The molecule has 33 heavy (non-hydrogen) atoms. The minimum Gasteiger partial charge on any atom is -0.484 e. The highest BCUT2D eigenvalue weighted by molar-refractivity contribution is 8.14. The van der Waals surface area contributed by atoms with Crippen molar-refractivity contribution in [3.8, 4) is 5.75 Å². The van der Waals surface area contributed by atoms with Gasteiger partial charge in [-0.05, 0) is 41.1 Å². The number of hydrogen-bond acceptors (Lipinski definition) is 6. The first-order chi connectivity index (χ1) is 15.7. The maximum Gasteiger partial charge on any atom is 0.266 e. The standard InChI is InChI=1S/C24H25N3O4S2/c1-17-15-27(23(28)16-31-21-12-11-18-7-4-5-8-19(18)13-21)24(32-17)25-20-9-6-10-22(14-20)33(29,30)26(2)3/h4-14,17H,15-16H2,1-3H3. The van der Waals surface area contributed by atoms with Crippen LogP contribution in [0.2, 0.25) is 0 Å². The Hall–Kier alpha value is -2.88. The number of fused-ring (bicyclic) bond motifs is 1. The molecular formula is C24H25N3O4S2. The Morgan fingerprint density at radius 3 is 2.61 bits per heavy atom. The molecule has 1 amide bonds. The van der Waals surface area contributed by atoms with Crippen LogP contribution in [0.4, 0.5) is 5.69 Å². The number of ether oxygens (including phenoxy) is 1. The summed E-state index contributed by atoms with van der Waals surface area (Å²) in [5.41, 5.74) is 0.475. The lowest BCUT2D eigenvalue weighted by atomic mass is 10.1. The van der Waals surface area contributed by atoms with E-state index in [9.17, 15) is 13.2 Å². The van der Waals surface area contributed by atoms with E-state index < -0.39 is 10.0 Å². The second kappa shape index (κ2) is 9.54. The molecule has 3 aromatic carbocycles. The van der Waals surface area contributed by atoms with Crippen LogP contribution in [0.3, 0.4) is 0 Å².